The molecule has 0 radical (unpaired) electrons. The third-order valence-electron chi connectivity index (χ3n) is 11.6. The molecule has 3 fully saturated rings. The van der Waals surface area contributed by atoms with E-state index < -0.39 is 52.9 Å². The van der Waals surface area contributed by atoms with Gasteiger partial charge in [0.2, 0.25) is 0 Å². The van der Waals surface area contributed by atoms with Crippen molar-refractivity contribution in [3.8, 4) is 0 Å². The highest BCUT2D eigenvalue weighted by Gasteiger charge is 2.66. The van der Waals surface area contributed by atoms with Gasteiger partial charge in [0.25, 0.3) is 0 Å². The van der Waals surface area contributed by atoms with Crippen molar-refractivity contribution < 1.29 is 39.4 Å². The summed E-state index contributed by atoms with van der Waals surface area (Å²) in [5.74, 6) is -4.54. The van der Waals surface area contributed by atoms with Gasteiger partial charge in [0.15, 0.2) is 11.6 Å². The molecule has 240 valence electrons. The van der Waals surface area contributed by atoms with Crippen molar-refractivity contribution in [3.05, 3.63) is 0 Å². The van der Waals surface area contributed by atoms with E-state index in [1.54, 1.807) is 13.8 Å². The van der Waals surface area contributed by atoms with E-state index in [1.165, 1.54) is 0 Å². The van der Waals surface area contributed by atoms with E-state index in [0.717, 1.165) is 6.42 Å². The van der Waals surface area contributed by atoms with Crippen LogP contribution in [-0.4, -0.2) is 73.4 Å². The van der Waals surface area contributed by atoms with E-state index in [2.05, 4.69) is 6.92 Å². The van der Waals surface area contributed by atoms with Gasteiger partial charge in [-0.2, -0.15) is 0 Å². The highest BCUT2D eigenvalue weighted by Crippen LogP contribution is 2.55. The molecule has 8 nitrogen and oxygen atoms in total. The average Bonchev–Trinajstić information content (AvgIpc) is 3.39. The van der Waals surface area contributed by atoms with Crippen molar-refractivity contribution in [1.82, 2.24) is 0 Å². The predicted molar refractivity (Wildman–Crippen MR) is 158 cm³/mol. The van der Waals surface area contributed by atoms with E-state index in [9.17, 15) is 25.2 Å². The lowest BCUT2D eigenvalue weighted by atomic mass is 9.73. The van der Waals surface area contributed by atoms with Crippen molar-refractivity contribution in [3.63, 3.8) is 0 Å². The fourth-order valence-electron chi connectivity index (χ4n) is 8.56. The van der Waals surface area contributed by atoms with Gasteiger partial charge in [-0.15, -0.1) is 0 Å². The van der Waals surface area contributed by atoms with E-state index in [4.69, 9.17) is 14.2 Å². The summed E-state index contributed by atoms with van der Waals surface area (Å²) in [6, 6.07) is 0. The lowest BCUT2D eigenvalue weighted by Gasteiger charge is -2.48. The number of carbonyl (C=O) groups is 1. The normalized spacial score (nSPS) is 47.1. The highest BCUT2D eigenvalue weighted by atomic mass is 16.7. The third kappa shape index (κ3) is 5.93. The molecule has 3 heterocycles. The molecule has 3 aliphatic rings. The van der Waals surface area contributed by atoms with Gasteiger partial charge >= 0.3 is 0 Å². The predicted octanol–water partition coefficient (Wildman–Crippen LogP) is 4.83. The number of ketones is 1. The molecule has 0 unspecified atom stereocenters. The summed E-state index contributed by atoms with van der Waals surface area (Å²) < 4.78 is 19.2. The third-order valence-corrected chi connectivity index (χ3v) is 11.6. The van der Waals surface area contributed by atoms with Crippen LogP contribution in [-0.2, 0) is 19.0 Å². The zero-order valence-corrected chi connectivity index (χ0v) is 27.5. The van der Waals surface area contributed by atoms with Gasteiger partial charge in [0.1, 0.15) is 11.4 Å². The van der Waals surface area contributed by atoms with Crippen LogP contribution in [0.1, 0.15) is 115 Å². The van der Waals surface area contributed by atoms with E-state index in [0.29, 0.717) is 32.1 Å². The Morgan fingerprint density at radius 2 is 1.49 bits per heavy atom. The molecule has 0 aromatic heterocycles. The van der Waals surface area contributed by atoms with Gasteiger partial charge in [-0.05, 0) is 64.2 Å². The molecule has 8 heteroatoms. The van der Waals surface area contributed by atoms with Gasteiger partial charge in [-0.25, -0.2) is 0 Å². The van der Waals surface area contributed by atoms with E-state index in [1.807, 2.05) is 55.4 Å². The molecule has 3 saturated heterocycles. The Labute approximate surface area is 248 Å². The van der Waals surface area contributed by atoms with Crippen LogP contribution >= 0.6 is 0 Å². The molecule has 0 aromatic rings. The summed E-state index contributed by atoms with van der Waals surface area (Å²) in [5.41, 5.74) is -1.91. The largest absolute Gasteiger partial charge is 0.392 e. The fraction of sp³-hybridized carbons (Fsp3) is 0.970. The minimum Gasteiger partial charge on any atom is -0.392 e. The standard InChI is InChI=1S/C33H60O8/c1-12-25(27(36)22(8)26(35)23(9)28-18(4)15-20(6)32(37,14-3)40-28)29-19(5)16-30(11,39-29)33(38)21(7)17-31(13-2,41-33)24(10)34/h18-26,28-29,34-35,37-38H,12-17H2,1-11H3/t18-,19-,20+,21+,22-,23-,24-,25-,26+,28+,29-,30-,31+,32-,33+/m0/s1. The summed E-state index contributed by atoms with van der Waals surface area (Å²) in [7, 11) is 0. The Kier molecular flexibility index (Phi) is 10.6. The maximum absolute atomic E-state index is 14.0. The van der Waals surface area contributed by atoms with Crippen LogP contribution in [0.3, 0.4) is 0 Å². The van der Waals surface area contributed by atoms with Crippen LogP contribution in [0.5, 0.6) is 0 Å². The quantitative estimate of drug-likeness (QED) is 0.272. The highest BCUT2D eigenvalue weighted by molar-refractivity contribution is 5.84. The average molecular weight is 585 g/mol. The molecule has 0 bridgehead atoms. The number of carbonyl (C=O) groups excluding carboxylic acids is 1. The van der Waals surface area contributed by atoms with Gasteiger partial charge in [-0.3, -0.25) is 4.79 Å². The Balaban J connectivity index is 1.78. The van der Waals surface area contributed by atoms with Gasteiger partial charge in [-0.1, -0.05) is 62.3 Å². The van der Waals surface area contributed by atoms with E-state index >= 15 is 0 Å². The minimum absolute atomic E-state index is 0.00797. The Morgan fingerprint density at radius 1 is 0.878 bits per heavy atom. The first kappa shape index (κ1) is 34.9. The summed E-state index contributed by atoms with van der Waals surface area (Å²) in [4.78, 5) is 14.0. The van der Waals surface area contributed by atoms with Crippen molar-refractivity contribution in [1.29, 1.82) is 0 Å². The first-order valence-electron chi connectivity index (χ1n) is 16.3. The zero-order valence-electron chi connectivity index (χ0n) is 27.5. The smallest absolute Gasteiger partial charge is 0.198 e. The minimum atomic E-state index is -1.61. The van der Waals surface area contributed by atoms with Crippen molar-refractivity contribution in [2.75, 3.05) is 0 Å². The van der Waals surface area contributed by atoms with Crippen molar-refractivity contribution in [2.24, 2.45) is 41.4 Å². The van der Waals surface area contributed by atoms with Crippen molar-refractivity contribution in [2.45, 2.75) is 162 Å². The number of hydrogen-bond acceptors (Lipinski definition) is 8. The van der Waals surface area contributed by atoms with Crippen LogP contribution in [0.2, 0.25) is 0 Å². The lowest BCUT2D eigenvalue weighted by molar-refractivity contribution is -0.331. The first-order valence-corrected chi connectivity index (χ1v) is 16.3. The molecular formula is C33H60O8. The number of hydrogen-bond donors (Lipinski definition) is 4. The van der Waals surface area contributed by atoms with Crippen LogP contribution in [0.15, 0.2) is 0 Å². The molecular weight excluding hydrogens is 524 g/mol. The molecule has 3 aliphatic heterocycles. The summed E-state index contributed by atoms with van der Waals surface area (Å²) >= 11 is 0. The molecule has 0 aliphatic carbocycles. The number of aliphatic hydroxyl groups is 4. The fourth-order valence-corrected chi connectivity index (χ4v) is 8.56. The number of ether oxygens (including phenoxy) is 3. The SMILES string of the molecule is CC[C@@H](C(=O)[C@@H](C)[C@@H](O)[C@H](C)[C@@H]1O[C@@](O)(CC)[C@H](C)C[C@@H]1C)[C@H]1O[C@](C)([C@]2(O)O[C@@](CC)([C@H](C)O)C[C@H]2C)C[C@@H]1C. The molecule has 41 heavy (non-hydrogen) atoms. The maximum atomic E-state index is 14.0. The molecule has 15 atom stereocenters. The topological polar surface area (TPSA) is 126 Å². The van der Waals surface area contributed by atoms with E-state index in [-0.39, 0.29) is 41.5 Å². The molecule has 0 saturated carbocycles. The Bertz CT molecular complexity index is 912. The van der Waals surface area contributed by atoms with Gasteiger partial charge in [0, 0.05) is 29.6 Å². The van der Waals surface area contributed by atoms with Gasteiger partial charge < -0.3 is 34.6 Å². The maximum Gasteiger partial charge on any atom is 0.198 e. The van der Waals surface area contributed by atoms with Crippen LogP contribution < -0.4 is 0 Å². The van der Waals surface area contributed by atoms with Gasteiger partial charge in [0.05, 0.1) is 30.0 Å². The van der Waals surface area contributed by atoms with Crippen LogP contribution in [0, 0.1) is 41.4 Å². The first-order chi connectivity index (χ1) is 18.9. The second kappa shape index (κ2) is 12.4. The van der Waals surface area contributed by atoms with Crippen LogP contribution in [0.25, 0.3) is 0 Å². The zero-order chi connectivity index (χ0) is 31.3. The second-order valence-corrected chi connectivity index (χ2v) is 14.4. The summed E-state index contributed by atoms with van der Waals surface area (Å²) in [6.45, 7) is 21.1. The molecule has 0 aromatic carbocycles. The second-order valence-electron chi connectivity index (χ2n) is 14.4. The Morgan fingerprint density at radius 3 is 1.98 bits per heavy atom. The van der Waals surface area contributed by atoms with Crippen LogP contribution in [0.4, 0.5) is 0 Å². The summed E-state index contributed by atoms with van der Waals surface area (Å²) in [6.07, 6.45) is 0.883. The molecule has 0 spiro atoms. The molecule has 0 amide bonds. The number of rotatable bonds is 11. The molecule has 4 N–H and O–H groups in total. The lowest BCUT2D eigenvalue weighted by Crippen LogP contribution is -2.57. The monoisotopic (exact) mass is 584 g/mol. The molecule has 3 rings (SSSR count). The summed E-state index contributed by atoms with van der Waals surface area (Å²) in [5, 5.41) is 45.0. The number of aliphatic hydroxyl groups excluding tert-OH is 2. The van der Waals surface area contributed by atoms with Crippen molar-refractivity contribution >= 4 is 5.78 Å². The number of Topliss-reactive ketones (excluding diaryl/α,β-unsaturated/α-hetero) is 1. The Hall–Kier alpha value is -0.610.